The van der Waals surface area contributed by atoms with Gasteiger partial charge in [-0.15, -0.1) is 0 Å². The van der Waals surface area contributed by atoms with Crippen molar-refractivity contribution in [1.82, 2.24) is 8.87 Å². The first kappa shape index (κ1) is 22.1. The number of amides is 1. The van der Waals surface area contributed by atoms with Crippen LogP contribution in [0.1, 0.15) is 29.9 Å². The molecule has 0 saturated heterocycles. The molecule has 0 bridgehead atoms. The lowest BCUT2D eigenvalue weighted by Crippen LogP contribution is -2.30. The minimum Gasteiger partial charge on any atom is -0.345 e. The number of nitrogens with zero attached hydrogens (tertiary/aromatic N) is 3. The van der Waals surface area contributed by atoms with Crippen LogP contribution < -0.4 is 10.2 Å². The molecule has 0 aliphatic carbocycles. The number of aromatic nitrogens is 1. The molecule has 4 rings (SSSR count). The van der Waals surface area contributed by atoms with Gasteiger partial charge in [-0.25, -0.2) is 8.42 Å². The number of sulfonamides is 1. The third-order valence-electron chi connectivity index (χ3n) is 5.89. The summed E-state index contributed by atoms with van der Waals surface area (Å²) in [5.74, 6) is -0.353. The van der Waals surface area contributed by atoms with Gasteiger partial charge in [-0.2, -0.15) is 4.31 Å². The van der Waals surface area contributed by atoms with E-state index >= 15 is 0 Å². The zero-order chi connectivity index (χ0) is 22.9. The molecule has 1 N–H and O–H groups in total. The SMILES string of the molecule is CCN(CC)S(=O)(=O)c1cc(C(=O)Nc2ccccc2N2CCc3ccccc32)n(C)c1. The van der Waals surface area contributed by atoms with Gasteiger partial charge in [0.2, 0.25) is 10.0 Å². The summed E-state index contributed by atoms with van der Waals surface area (Å²) in [6.07, 6.45) is 2.44. The molecule has 0 radical (unpaired) electrons. The maximum absolute atomic E-state index is 13.1. The topological polar surface area (TPSA) is 74.7 Å². The van der Waals surface area contributed by atoms with E-state index in [-0.39, 0.29) is 16.5 Å². The van der Waals surface area contributed by atoms with Crippen LogP contribution in [-0.2, 0) is 23.5 Å². The number of carbonyl (C=O) groups excluding carboxylic acids is 1. The fourth-order valence-electron chi connectivity index (χ4n) is 4.20. The molecule has 1 amide bonds. The van der Waals surface area contributed by atoms with Gasteiger partial charge >= 0.3 is 0 Å². The Morgan fingerprint density at radius 2 is 1.69 bits per heavy atom. The van der Waals surface area contributed by atoms with Crippen molar-refractivity contribution in [3.8, 4) is 0 Å². The number of fused-ring (bicyclic) bond motifs is 1. The Hall–Kier alpha value is -3.10. The van der Waals surface area contributed by atoms with Gasteiger partial charge in [-0.05, 0) is 36.2 Å². The van der Waals surface area contributed by atoms with Crippen LogP contribution in [0.2, 0.25) is 0 Å². The molecule has 1 aliphatic rings. The zero-order valence-corrected chi connectivity index (χ0v) is 19.4. The van der Waals surface area contributed by atoms with E-state index < -0.39 is 10.0 Å². The van der Waals surface area contributed by atoms with E-state index in [0.29, 0.717) is 18.8 Å². The normalized spacial score (nSPS) is 13.4. The second-order valence-electron chi connectivity index (χ2n) is 7.76. The lowest BCUT2D eigenvalue weighted by atomic mass is 10.1. The Morgan fingerprint density at radius 3 is 2.41 bits per heavy atom. The van der Waals surface area contributed by atoms with Gasteiger partial charge in [0.25, 0.3) is 5.91 Å². The first-order valence-electron chi connectivity index (χ1n) is 10.8. The van der Waals surface area contributed by atoms with Crippen molar-refractivity contribution < 1.29 is 13.2 Å². The third kappa shape index (κ3) is 3.91. The number of hydrogen-bond acceptors (Lipinski definition) is 4. The van der Waals surface area contributed by atoms with Gasteiger partial charge in [-0.3, -0.25) is 4.79 Å². The maximum atomic E-state index is 13.1. The van der Waals surface area contributed by atoms with E-state index in [1.165, 1.54) is 22.1 Å². The van der Waals surface area contributed by atoms with Crippen molar-refractivity contribution in [2.24, 2.45) is 7.05 Å². The summed E-state index contributed by atoms with van der Waals surface area (Å²) < 4.78 is 28.7. The molecule has 1 aliphatic heterocycles. The first-order valence-corrected chi connectivity index (χ1v) is 12.2. The van der Waals surface area contributed by atoms with Crippen molar-refractivity contribution in [3.63, 3.8) is 0 Å². The molecule has 0 atom stereocenters. The van der Waals surface area contributed by atoms with Crippen LogP contribution in [0.3, 0.4) is 0 Å². The van der Waals surface area contributed by atoms with Crippen LogP contribution in [0.4, 0.5) is 17.1 Å². The summed E-state index contributed by atoms with van der Waals surface area (Å²) >= 11 is 0. The number of anilines is 3. The molecule has 32 heavy (non-hydrogen) atoms. The standard InChI is InChI=1S/C24H28N4O3S/c1-4-27(5-2)32(30,31)19-16-23(26(3)17-19)24(29)25-20-11-7-9-13-22(20)28-15-14-18-10-6-8-12-21(18)28/h6-13,16-17H,4-5,14-15H2,1-3H3,(H,25,29). The van der Waals surface area contributed by atoms with Crippen LogP contribution in [0.15, 0.2) is 65.7 Å². The minimum atomic E-state index is -3.64. The average Bonchev–Trinajstić information content (AvgIpc) is 3.39. The second-order valence-corrected chi connectivity index (χ2v) is 9.70. The maximum Gasteiger partial charge on any atom is 0.272 e. The molecular weight excluding hydrogens is 424 g/mol. The van der Waals surface area contributed by atoms with Gasteiger partial charge in [0.15, 0.2) is 0 Å². The van der Waals surface area contributed by atoms with E-state index in [2.05, 4.69) is 22.3 Å². The minimum absolute atomic E-state index is 0.121. The van der Waals surface area contributed by atoms with Gasteiger partial charge in [-0.1, -0.05) is 44.2 Å². The highest BCUT2D eigenvalue weighted by Gasteiger charge is 2.26. The number of benzene rings is 2. The first-order chi connectivity index (χ1) is 15.4. The summed E-state index contributed by atoms with van der Waals surface area (Å²) in [4.78, 5) is 15.5. The molecule has 0 fully saturated rings. The Bertz CT molecular complexity index is 1250. The number of para-hydroxylation sites is 3. The van der Waals surface area contributed by atoms with Crippen LogP contribution in [0.5, 0.6) is 0 Å². The highest BCUT2D eigenvalue weighted by molar-refractivity contribution is 7.89. The molecular formula is C24H28N4O3S. The number of nitrogens with one attached hydrogen (secondary N) is 1. The van der Waals surface area contributed by atoms with E-state index in [4.69, 9.17) is 0 Å². The second kappa shape index (κ2) is 8.80. The highest BCUT2D eigenvalue weighted by atomic mass is 32.2. The van der Waals surface area contributed by atoms with E-state index in [1.54, 1.807) is 25.5 Å². The van der Waals surface area contributed by atoms with Crippen LogP contribution >= 0.6 is 0 Å². The Morgan fingerprint density at radius 1 is 1.03 bits per heavy atom. The molecule has 7 nitrogen and oxygen atoms in total. The quantitative estimate of drug-likeness (QED) is 0.588. The number of hydrogen-bond donors (Lipinski definition) is 1. The molecule has 2 aromatic carbocycles. The fraction of sp³-hybridized carbons (Fsp3) is 0.292. The smallest absolute Gasteiger partial charge is 0.272 e. The summed E-state index contributed by atoms with van der Waals surface area (Å²) in [5, 5.41) is 2.99. The summed E-state index contributed by atoms with van der Waals surface area (Å²) in [6.45, 7) is 5.18. The van der Waals surface area contributed by atoms with Gasteiger partial charge < -0.3 is 14.8 Å². The molecule has 168 valence electrons. The number of aryl methyl sites for hydroxylation is 1. The van der Waals surface area contributed by atoms with Crippen molar-refractivity contribution in [2.75, 3.05) is 29.9 Å². The van der Waals surface area contributed by atoms with Gasteiger partial charge in [0.1, 0.15) is 10.6 Å². The summed E-state index contributed by atoms with van der Waals surface area (Å²) in [5.41, 5.74) is 4.30. The fourth-order valence-corrected chi connectivity index (χ4v) is 5.73. The summed E-state index contributed by atoms with van der Waals surface area (Å²) in [7, 11) is -1.96. The molecule has 0 spiro atoms. The molecule has 0 unspecified atom stereocenters. The Balaban J connectivity index is 1.62. The molecule has 0 saturated carbocycles. The van der Waals surface area contributed by atoms with Crippen molar-refractivity contribution in [3.05, 3.63) is 72.1 Å². The van der Waals surface area contributed by atoms with Crippen molar-refractivity contribution >= 4 is 33.0 Å². The van der Waals surface area contributed by atoms with Gasteiger partial charge in [0, 0.05) is 38.6 Å². The van der Waals surface area contributed by atoms with Crippen molar-refractivity contribution in [1.29, 1.82) is 0 Å². The van der Waals surface area contributed by atoms with Crippen LogP contribution in [0, 0.1) is 0 Å². The molecule has 3 aromatic rings. The summed E-state index contributed by atoms with van der Waals surface area (Å²) in [6, 6.07) is 17.4. The van der Waals surface area contributed by atoms with E-state index in [1.807, 2.05) is 36.4 Å². The number of carbonyl (C=O) groups is 1. The van der Waals surface area contributed by atoms with Gasteiger partial charge in [0.05, 0.1) is 11.4 Å². The highest BCUT2D eigenvalue weighted by Crippen LogP contribution is 2.38. The largest absolute Gasteiger partial charge is 0.345 e. The van der Waals surface area contributed by atoms with Crippen LogP contribution in [0.25, 0.3) is 0 Å². The number of rotatable bonds is 7. The third-order valence-corrected chi connectivity index (χ3v) is 7.90. The molecule has 1 aromatic heterocycles. The van der Waals surface area contributed by atoms with Crippen molar-refractivity contribution in [2.45, 2.75) is 25.2 Å². The predicted octanol–water partition coefficient (Wildman–Crippen LogP) is 4.00. The molecule has 8 heteroatoms. The predicted molar refractivity (Wildman–Crippen MR) is 127 cm³/mol. The van der Waals surface area contributed by atoms with Crippen LogP contribution in [-0.4, -0.2) is 42.8 Å². The average molecular weight is 453 g/mol. The lowest BCUT2D eigenvalue weighted by molar-refractivity contribution is 0.101. The van der Waals surface area contributed by atoms with E-state index in [0.717, 1.165) is 24.3 Å². The lowest BCUT2D eigenvalue weighted by Gasteiger charge is -2.23. The van der Waals surface area contributed by atoms with E-state index in [9.17, 15) is 13.2 Å². The Labute approximate surface area is 189 Å². The molecule has 2 heterocycles. The monoisotopic (exact) mass is 452 g/mol. The zero-order valence-electron chi connectivity index (χ0n) is 18.6. The Kier molecular flexibility index (Phi) is 6.08.